The molecule has 2 amide bonds. The van der Waals surface area contributed by atoms with Crippen molar-refractivity contribution in [2.24, 2.45) is 5.14 Å². The number of benzene rings is 2. The molecule has 1 aliphatic heterocycles. The van der Waals surface area contributed by atoms with E-state index in [0.717, 1.165) is 10.4 Å². The topological polar surface area (TPSA) is 151 Å². The van der Waals surface area contributed by atoms with Crippen LogP contribution in [0, 0.1) is 0 Å². The summed E-state index contributed by atoms with van der Waals surface area (Å²) in [5.74, 6) is -1.68. The molecule has 1 aliphatic rings. The van der Waals surface area contributed by atoms with Crippen molar-refractivity contribution < 1.29 is 27.5 Å². The lowest BCUT2D eigenvalue weighted by Crippen LogP contribution is -2.53. The van der Waals surface area contributed by atoms with Gasteiger partial charge in [0.2, 0.25) is 11.8 Å². The molecule has 0 unspecified atom stereocenters. The van der Waals surface area contributed by atoms with Crippen LogP contribution in [0.1, 0.15) is 31.4 Å². The maximum absolute atomic E-state index is 12.4. The summed E-state index contributed by atoms with van der Waals surface area (Å²) < 4.78 is 30.1. The summed E-state index contributed by atoms with van der Waals surface area (Å²) in [6, 6.07) is 14.2. The van der Waals surface area contributed by atoms with Gasteiger partial charge in [-0.25, -0.2) is 9.93 Å². The van der Waals surface area contributed by atoms with Crippen LogP contribution in [0.25, 0.3) is 10.8 Å². The van der Waals surface area contributed by atoms with E-state index in [1.165, 1.54) is 29.5 Å². The number of hydrogen-bond donors (Lipinski definition) is 3. The average molecular weight is 546 g/mol. The lowest BCUT2D eigenvalue weighted by molar-refractivity contribution is -0.134. The molecule has 0 aromatic heterocycles. The van der Waals surface area contributed by atoms with E-state index in [2.05, 4.69) is 51.5 Å². The summed E-state index contributed by atoms with van der Waals surface area (Å²) in [6.45, 7) is 2.68. The summed E-state index contributed by atoms with van der Waals surface area (Å²) in [4.78, 5) is 37.7. The Balaban J connectivity index is 1.53. The summed E-state index contributed by atoms with van der Waals surface area (Å²) >= 11 is 0. The molecule has 0 spiro atoms. The van der Waals surface area contributed by atoms with Gasteiger partial charge in [0.1, 0.15) is 0 Å². The summed E-state index contributed by atoms with van der Waals surface area (Å²) in [6.07, 6.45) is 3.61. The standard InChI is InChI=1S/C26H35N5O6S/c1-19(22-10-5-8-20-7-3-4-9-23(20)22)30-15-12-21(13-16-30)31(38(27,35)36)18-25(33)29-17-24(32)28-14-6-11-26(34)37-2/h3-11,19,21H,12-18H2,1-2H3,(H,28,32)(H,29,33)(H2,27,35,36)/b11-6+/t19-/m1/s1. The summed E-state index contributed by atoms with van der Waals surface area (Å²) in [5.41, 5.74) is 1.21. The van der Waals surface area contributed by atoms with Crippen molar-refractivity contribution in [2.75, 3.05) is 39.8 Å². The van der Waals surface area contributed by atoms with Gasteiger partial charge in [0.25, 0.3) is 10.2 Å². The molecule has 1 heterocycles. The molecule has 2 aromatic rings. The van der Waals surface area contributed by atoms with Crippen molar-refractivity contribution in [3.63, 3.8) is 0 Å². The number of nitrogens with one attached hydrogen (secondary N) is 2. The Morgan fingerprint density at radius 3 is 2.47 bits per heavy atom. The predicted octanol–water partition coefficient (Wildman–Crippen LogP) is 0.832. The number of likely N-dealkylation sites (tertiary alicyclic amines) is 1. The van der Waals surface area contributed by atoms with Crippen molar-refractivity contribution >= 4 is 38.8 Å². The highest BCUT2D eigenvalue weighted by molar-refractivity contribution is 7.86. The Hall–Kier alpha value is -3.32. The monoisotopic (exact) mass is 545 g/mol. The van der Waals surface area contributed by atoms with Crippen LogP contribution in [0.4, 0.5) is 0 Å². The number of ether oxygens (including phenoxy) is 1. The highest BCUT2D eigenvalue weighted by atomic mass is 32.2. The first-order chi connectivity index (χ1) is 18.1. The van der Waals surface area contributed by atoms with Gasteiger partial charge in [0, 0.05) is 37.8 Å². The van der Waals surface area contributed by atoms with Gasteiger partial charge >= 0.3 is 5.97 Å². The first-order valence-electron chi connectivity index (χ1n) is 12.4. The first kappa shape index (κ1) is 29.2. The molecule has 3 rings (SSSR count). The molecule has 206 valence electrons. The van der Waals surface area contributed by atoms with Crippen LogP contribution in [0.2, 0.25) is 0 Å². The van der Waals surface area contributed by atoms with E-state index >= 15 is 0 Å². The van der Waals surface area contributed by atoms with Crippen molar-refractivity contribution in [1.82, 2.24) is 19.8 Å². The average Bonchev–Trinajstić information content (AvgIpc) is 2.91. The van der Waals surface area contributed by atoms with Crippen LogP contribution in [0.5, 0.6) is 0 Å². The van der Waals surface area contributed by atoms with Crippen LogP contribution in [-0.4, -0.2) is 81.3 Å². The molecule has 1 fully saturated rings. The number of carbonyl (C=O) groups excluding carboxylic acids is 3. The Labute approximate surface area is 223 Å². The van der Waals surface area contributed by atoms with Gasteiger partial charge in [-0.15, -0.1) is 0 Å². The highest BCUT2D eigenvalue weighted by Crippen LogP contribution is 2.31. The molecule has 38 heavy (non-hydrogen) atoms. The van der Waals surface area contributed by atoms with E-state index < -0.39 is 40.6 Å². The third kappa shape index (κ3) is 8.09. The van der Waals surface area contributed by atoms with E-state index in [1.54, 1.807) is 0 Å². The van der Waals surface area contributed by atoms with Crippen LogP contribution < -0.4 is 15.8 Å². The molecular formula is C26H35N5O6S. The number of amides is 2. The number of fused-ring (bicyclic) bond motifs is 1. The maximum Gasteiger partial charge on any atom is 0.330 e. The third-order valence-corrected chi connectivity index (χ3v) is 7.75. The molecule has 1 atom stereocenters. The molecule has 11 nitrogen and oxygen atoms in total. The fourth-order valence-electron chi connectivity index (χ4n) is 4.63. The molecule has 1 saturated heterocycles. The van der Waals surface area contributed by atoms with Crippen molar-refractivity contribution in [2.45, 2.75) is 31.8 Å². The summed E-state index contributed by atoms with van der Waals surface area (Å²) in [7, 11) is -2.91. The second-order valence-electron chi connectivity index (χ2n) is 9.11. The Morgan fingerprint density at radius 1 is 1.11 bits per heavy atom. The second-order valence-corrected chi connectivity index (χ2v) is 10.6. The highest BCUT2D eigenvalue weighted by Gasteiger charge is 2.33. The number of carbonyl (C=O) groups is 3. The Kier molecular flexibility index (Phi) is 10.4. The van der Waals surface area contributed by atoms with Gasteiger partial charge in [-0.05, 0) is 36.1 Å². The van der Waals surface area contributed by atoms with E-state index in [9.17, 15) is 22.8 Å². The van der Waals surface area contributed by atoms with Gasteiger partial charge in [-0.2, -0.15) is 12.7 Å². The molecule has 4 N–H and O–H groups in total. The van der Waals surface area contributed by atoms with Crippen molar-refractivity contribution in [3.8, 4) is 0 Å². The minimum Gasteiger partial charge on any atom is -0.466 e. The van der Waals surface area contributed by atoms with Crippen LogP contribution >= 0.6 is 0 Å². The largest absolute Gasteiger partial charge is 0.466 e. The molecule has 0 radical (unpaired) electrons. The molecule has 0 aliphatic carbocycles. The normalized spacial score (nSPS) is 16.0. The van der Waals surface area contributed by atoms with Crippen LogP contribution in [0.3, 0.4) is 0 Å². The number of methoxy groups -OCH3 is 1. The lowest BCUT2D eigenvalue weighted by Gasteiger charge is -2.39. The third-order valence-electron chi connectivity index (χ3n) is 6.67. The van der Waals surface area contributed by atoms with Gasteiger partial charge < -0.3 is 15.4 Å². The molecule has 12 heteroatoms. The fourth-order valence-corrected chi connectivity index (χ4v) is 5.56. The smallest absolute Gasteiger partial charge is 0.330 e. The first-order valence-corrected chi connectivity index (χ1v) is 13.9. The number of nitrogens with two attached hydrogens (primary N) is 1. The second kappa shape index (κ2) is 13.5. The van der Waals surface area contributed by atoms with E-state index in [1.807, 2.05) is 18.2 Å². The molecule has 0 saturated carbocycles. The quantitative estimate of drug-likeness (QED) is 0.279. The van der Waals surface area contributed by atoms with Crippen molar-refractivity contribution in [1.29, 1.82) is 0 Å². The predicted molar refractivity (Wildman–Crippen MR) is 144 cm³/mol. The SMILES string of the molecule is COC(=O)/C=C/CNC(=O)CNC(=O)CN(C1CCN([C@H](C)c2cccc3ccccc23)CC1)S(N)(=O)=O. The zero-order chi connectivity index (χ0) is 27.7. The number of hydrogen-bond acceptors (Lipinski definition) is 7. The van der Waals surface area contributed by atoms with E-state index in [4.69, 9.17) is 5.14 Å². The zero-order valence-electron chi connectivity index (χ0n) is 21.6. The minimum absolute atomic E-state index is 0.0723. The molecular weight excluding hydrogens is 510 g/mol. The van der Waals surface area contributed by atoms with Gasteiger partial charge in [0.15, 0.2) is 0 Å². The Bertz CT molecular complexity index is 1270. The van der Waals surface area contributed by atoms with Gasteiger partial charge in [0.05, 0.1) is 20.2 Å². The minimum atomic E-state index is -4.14. The fraction of sp³-hybridized carbons (Fsp3) is 0.423. The summed E-state index contributed by atoms with van der Waals surface area (Å²) in [5, 5.41) is 12.7. The van der Waals surface area contributed by atoms with Gasteiger partial charge in [-0.1, -0.05) is 48.5 Å². The molecule has 2 aromatic carbocycles. The van der Waals surface area contributed by atoms with Crippen LogP contribution in [0.15, 0.2) is 54.6 Å². The van der Waals surface area contributed by atoms with E-state index in [-0.39, 0.29) is 19.1 Å². The van der Waals surface area contributed by atoms with Crippen molar-refractivity contribution in [3.05, 3.63) is 60.2 Å². The number of piperidine rings is 1. The van der Waals surface area contributed by atoms with Crippen LogP contribution in [-0.2, 0) is 29.3 Å². The number of esters is 1. The number of nitrogens with zero attached hydrogens (tertiary/aromatic N) is 2. The Morgan fingerprint density at radius 2 is 1.79 bits per heavy atom. The number of rotatable bonds is 11. The van der Waals surface area contributed by atoms with E-state index in [0.29, 0.717) is 25.9 Å². The lowest BCUT2D eigenvalue weighted by atomic mass is 9.96. The molecule has 0 bridgehead atoms. The maximum atomic E-state index is 12.4. The zero-order valence-corrected chi connectivity index (χ0v) is 22.4. The van der Waals surface area contributed by atoms with Gasteiger partial charge in [-0.3, -0.25) is 14.5 Å².